The van der Waals surface area contributed by atoms with Crippen LogP contribution in [-0.4, -0.2) is 34.3 Å². The van der Waals surface area contributed by atoms with Crippen molar-refractivity contribution >= 4 is 29.3 Å². The van der Waals surface area contributed by atoms with Crippen molar-refractivity contribution in [2.24, 2.45) is 5.41 Å². The van der Waals surface area contributed by atoms with Crippen LogP contribution in [0.25, 0.3) is 6.08 Å². The molecule has 0 radical (unpaired) electrons. The summed E-state index contributed by atoms with van der Waals surface area (Å²) in [6.45, 7) is 6.65. The third-order valence-electron chi connectivity index (χ3n) is 6.16. The van der Waals surface area contributed by atoms with E-state index in [4.69, 9.17) is 23.2 Å². The largest absolute Gasteiger partial charge is 0.329 e. The lowest BCUT2D eigenvalue weighted by Crippen LogP contribution is -3.14. The first-order valence-corrected chi connectivity index (χ1v) is 11.1. The maximum Gasteiger partial charge on any atom is 0.213 e. The highest BCUT2D eigenvalue weighted by Gasteiger charge is 2.46. The lowest BCUT2D eigenvalue weighted by molar-refractivity contribution is -0.927. The van der Waals surface area contributed by atoms with Crippen molar-refractivity contribution in [3.05, 3.63) is 45.7 Å². The van der Waals surface area contributed by atoms with E-state index in [1.54, 1.807) is 6.07 Å². The van der Waals surface area contributed by atoms with Gasteiger partial charge in [0.2, 0.25) is 5.82 Å². The first-order valence-electron chi connectivity index (χ1n) is 10.4. The number of tetrazole rings is 1. The Morgan fingerprint density at radius 2 is 1.83 bits per heavy atom. The van der Waals surface area contributed by atoms with Gasteiger partial charge < -0.3 is 4.90 Å². The molecule has 1 aliphatic rings. The lowest BCUT2D eigenvalue weighted by Gasteiger charge is -2.40. The fourth-order valence-corrected chi connectivity index (χ4v) is 4.84. The van der Waals surface area contributed by atoms with E-state index in [1.807, 2.05) is 16.8 Å². The summed E-state index contributed by atoms with van der Waals surface area (Å²) in [7, 11) is 4.44. The first kappa shape index (κ1) is 22.3. The predicted molar refractivity (Wildman–Crippen MR) is 119 cm³/mol. The van der Waals surface area contributed by atoms with Gasteiger partial charge in [-0.05, 0) is 46.4 Å². The van der Waals surface area contributed by atoms with Gasteiger partial charge in [0, 0.05) is 22.9 Å². The van der Waals surface area contributed by atoms with Crippen LogP contribution in [0.1, 0.15) is 70.3 Å². The van der Waals surface area contributed by atoms with Gasteiger partial charge in [0.1, 0.15) is 0 Å². The first-order chi connectivity index (χ1) is 13.6. The van der Waals surface area contributed by atoms with E-state index in [1.165, 1.54) is 24.2 Å². The zero-order valence-corrected chi connectivity index (χ0v) is 19.6. The fourth-order valence-electron chi connectivity index (χ4n) is 4.37. The van der Waals surface area contributed by atoms with E-state index in [0.717, 1.165) is 24.2 Å². The number of allylic oxidation sites excluding steroid dienone is 1. The monoisotopic (exact) mass is 436 g/mol. The fraction of sp³-hybridized carbons (Fsp3) is 0.591. The zero-order chi connectivity index (χ0) is 21.2. The van der Waals surface area contributed by atoms with Crippen LogP contribution in [0.4, 0.5) is 0 Å². The van der Waals surface area contributed by atoms with Crippen LogP contribution in [0.3, 0.4) is 0 Å². The Hall–Kier alpha value is -1.43. The quantitative estimate of drug-likeness (QED) is 0.745. The minimum atomic E-state index is -0.0724. The van der Waals surface area contributed by atoms with Gasteiger partial charge in [-0.15, -0.1) is 5.10 Å². The number of benzene rings is 1. The number of aromatic nitrogens is 4. The summed E-state index contributed by atoms with van der Waals surface area (Å²) in [4.78, 5) is 1.39. The van der Waals surface area contributed by atoms with Gasteiger partial charge >= 0.3 is 0 Å². The van der Waals surface area contributed by atoms with E-state index in [-0.39, 0.29) is 17.0 Å². The van der Waals surface area contributed by atoms with Crippen molar-refractivity contribution in [1.29, 1.82) is 0 Å². The zero-order valence-electron chi connectivity index (χ0n) is 18.0. The SMILES string of the molecule is C[NH+](C)C1(c2nnnn2[C@H](/C=C/c2ccc(Cl)cc2Cl)C(C)(C)C)CCCCC1. The molecule has 0 spiro atoms. The van der Waals surface area contributed by atoms with Crippen molar-refractivity contribution in [2.75, 3.05) is 14.1 Å². The van der Waals surface area contributed by atoms with E-state index in [2.05, 4.69) is 62.5 Å². The summed E-state index contributed by atoms with van der Waals surface area (Å²) in [5.41, 5.74) is 0.819. The summed E-state index contributed by atoms with van der Waals surface area (Å²) in [5, 5.41) is 14.4. The Morgan fingerprint density at radius 1 is 1.14 bits per heavy atom. The van der Waals surface area contributed by atoms with Crippen molar-refractivity contribution < 1.29 is 4.90 Å². The molecule has 7 heteroatoms. The molecule has 0 aliphatic heterocycles. The highest BCUT2D eigenvalue weighted by Crippen LogP contribution is 2.38. The Kier molecular flexibility index (Phi) is 6.71. The van der Waals surface area contributed by atoms with Crippen LogP contribution >= 0.6 is 23.2 Å². The molecule has 1 aromatic heterocycles. The van der Waals surface area contributed by atoms with Gasteiger partial charge in [0.25, 0.3) is 0 Å². The molecule has 1 aromatic carbocycles. The number of hydrogen-bond acceptors (Lipinski definition) is 3. The molecular formula is C22H32Cl2N5+. The van der Waals surface area contributed by atoms with Crippen molar-refractivity contribution in [1.82, 2.24) is 20.2 Å². The standard InChI is InChI=1S/C22H31Cl2N5/c1-21(2,3)19(12-10-16-9-11-17(23)15-18(16)24)29-20(25-26-27-29)22(28(4)5)13-7-6-8-14-22/h9-12,15,19H,6-8,13-14H2,1-5H3/p+1/b12-10+/t19-/m1/s1. The Morgan fingerprint density at radius 3 is 2.41 bits per heavy atom. The minimum Gasteiger partial charge on any atom is -0.329 e. The molecule has 0 bridgehead atoms. The van der Waals surface area contributed by atoms with E-state index < -0.39 is 0 Å². The van der Waals surface area contributed by atoms with Crippen LogP contribution in [0.15, 0.2) is 24.3 Å². The van der Waals surface area contributed by atoms with Crippen LogP contribution in [0, 0.1) is 5.41 Å². The summed E-state index contributed by atoms with van der Waals surface area (Å²) >= 11 is 12.4. The Labute approximate surface area is 184 Å². The molecule has 1 heterocycles. The smallest absolute Gasteiger partial charge is 0.213 e. The Bertz CT molecular complexity index is 860. The maximum atomic E-state index is 6.38. The van der Waals surface area contributed by atoms with E-state index >= 15 is 0 Å². The van der Waals surface area contributed by atoms with Crippen LogP contribution in [0.5, 0.6) is 0 Å². The summed E-state index contributed by atoms with van der Waals surface area (Å²) in [5.74, 6) is 0.990. The van der Waals surface area contributed by atoms with Gasteiger partial charge in [-0.3, -0.25) is 0 Å². The number of nitrogens with one attached hydrogen (secondary N) is 1. The molecule has 5 nitrogen and oxygen atoms in total. The summed E-state index contributed by atoms with van der Waals surface area (Å²) in [6.07, 6.45) is 10.2. The molecule has 1 aliphatic carbocycles. The molecule has 1 N–H and O–H groups in total. The molecule has 29 heavy (non-hydrogen) atoms. The molecule has 0 unspecified atom stereocenters. The molecule has 0 saturated heterocycles. The molecule has 3 rings (SSSR count). The van der Waals surface area contributed by atoms with E-state index in [0.29, 0.717) is 10.0 Å². The second-order valence-electron chi connectivity index (χ2n) is 9.43. The lowest BCUT2D eigenvalue weighted by atomic mass is 9.79. The second kappa shape index (κ2) is 8.75. The average molecular weight is 437 g/mol. The third-order valence-corrected chi connectivity index (χ3v) is 6.72. The van der Waals surface area contributed by atoms with Crippen molar-refractivity contribution in [3.8, 4) is 0 Å². The molecule has 0 amide bonds. The minimum absolute atomic E-state index is 0.00241. The molecular weight excluding hydrogens is 405 g/mol. The predicted octanol–water partition coefficient (Wildman–Crippen LogP) is 4.58. The highest BCUT2D eigenvalue weighted by molar-refractivity contribution is 6.35. The molecule has 1 saturated carbocycles. The van der Waals surface area contributed by atoms with Gasteiger partial charge in [0.15, 0.2) is 5.54 Å². The van der Waals surface area contributed by atoms with Crippen LogP contribution < -0.4 is 4.90 Å². The number of nitrogens with zero attached hydrogens (tertiary/aromatic N) is 4. The van der Waals surface area contributed by atoms with Gasteiger partial charge in [0.05, 0.1) is 20.1 Å². The number of quaternary nitrogens is 1. The molecule has 1 atom stereocenters. The van der Waals surface area contributed by atoms with Crippen molar-refractivity contribution in [2.45, 2.75) is 64.5 Å². The number of hydrogen-bond donors (Lipinski definition) is 1. The highest BCUT2D eigenvalue weighted by atomic mass is 35.5. The summed E-state index contributed by atoms with van der Waals surface area (Å²) < 4.78 is 2.04. The van der Waals surface area contributed by atoms with Gasteiger partial charge in [-0.1, -0.05) is 68.6 Å². The van der Waals surface area contributed by atoms with Gasteiger partial charge in [-0.25, -0.2) is 4.68 Å². The maximum absolute atomic E-state index is 6.38. The number of halogens is 2. The van der Waals surface area contributed by atoms with E-state index in [9.17, 15) is 0 Å². The third kappa shape index (κ3) is 4.68. The Balaban J connectivity index is 2.03. The van der Waals surface area contributed by atoms with Crippen molar-refractivity contribution in [3.63, 3.8) is 0 Å². The average Bonchev–Trinajstić information content (AvgIpc) is 3.12. The van der Waals surface area contributed by atoms with Crippen LogP contribution in [0.2, 0.25) is 10.0 Å². The topological polar surface area (TPSA) is 48.0 Å². The van der Waals surface area contributed by atoms with Gasteiger partial charge in [-0.2, -0.15) is 0 Å². The normalized spacial score (nSPS) is 18.5. The molecule has 1 fully saturated rings. The van der Waals surface area contributed by atoms with Crippen LogP contribution in [-0.2, 0) is 5.54 Å². The summed E-state index contributed by atoms with van der Waals surface area (Å²) in [6, 6.07) is 5.56. The second-order valence-corrected chi connectivity index (χ2v) is 10.3. The molecule has 158 valence electrons. The number of rotatable bonds is 5. The molecule has 2 aromatic rings.